The summed E-state index contributed by atoms with van der Waals surface area (Å²) in [5, 5.41) is 8.18. The van der Waals surface area contributed by atoms with Crippen molar-refractivity contribution in [3.63, 3.8) is 0 Å². The smallest absolute Gasteiger partial charge is 0.257 e. The summed E-state index contributed by atoms with van der Waals surface area (Å²) in [5.74, 6) is 2.31. The molecule has 202 valence electrons. The molecule has 0 spiro atoms. The van der Waals surface area contributed by atoms with Crippen molar-refractivity contribution in [2.75, 3.05) is 13.1 Å². The number of benzene rings is 2. The maximum atomic E-state index is 12.5. The van der Waals surface area contributed by atoms with E-state index in [-0.39, 0.29) is 11.5 Å². The molecule has 0 radical (unpaired) electrons. The summed E-state index contributed by atoms with van der Waals surface area (Å²) < 4.78 is 0. The number of nitrogens with zero attached hydrogens (tertiary/aromatic N) is 5. The van der Waals surface area contributed by atoms with Gasteiger partial charge in [0.05, 0.1) is 16.6 Å². The molecule has 7 rings (SSSR count). The number of aromatic nitrogens is 6. The highest BCUT2D eigenvalue weighted by molar-refractivity contribution is 5.91. The van der Waals surface area contributed by atoms with Gasteiger partial charge in [0.2, 0.25) is 0 Å². The molecule has 0 unspecified atom stereocenters. The van der Waals surface area contributed by atoms with Crippen molar-refractivity contribution in [3.8, 4) is 33.9 Å². The van der Waals surface area contributed by atoms with E-state index in [0.29, 0.717) is 22.6 Å². The number of hydrogen-bond donors (Lipinski definition) is 2. The zero-order chi connectivity index (χ0) is 27.8. The van der Waals surface area contributed by atoms with E-state index in [1.807, 2.05) is 48.5 Å². The third-order valence-electron chi connectivity index (χ3n) is 7.91. The van der Waals surface area contributed by atoms with Gasteiger partial charge in [-0.05, 0) is 41.3 Å². The Balaban J connectivity index is 1.12. The summed E-state index contributed by atoms with van der Waals surface area (Å²) in [7, 11) is 0. The molecular weight excluding hydrogens is 510 g/mol. The standard InChI is InChI=1S/C33H29N7O/c1-21-18-40(20-27(21)31-37-32(39-38-31)29-9-5-6-15-34-29)19-22-10-12-24(13-11-22)30-25(23-7-3-2-4-8-23)17-26-28(36-30)14-16-35-33(26)41/h2-17,21,27H,18-20H2,1H3,(H,35,41)(H,37,38,39)/t21-,27-/m0/s1. The molecule has 2 N–H and O–H groups in total. The molecule has 0 saturated carbocycles. The Morgan fingerprint density at radius 1 is 0.902 bits per heavy atom. The van der Waals surface area contributed by atoms with E-state index in [9.17, 15) is 4.79 Å². The first-order valence-corrected chi connectivity index (χ1v) is 13.9. The summed E-state index contributed by atoms with van der Waals surface area (Å²) in [6.07, 6.45) is 3.41. The number of hydrogen-bond acceptors (Lipinski definition) is 6. The molecule has 6 aromatic rings. The highest BCUT2D eigenvalue weighted by Gasteiger charge is 2.33. The maximum absolute atomic E-state index is 12.5. The van der Waals surface area contributed by atoms with E-state index < -0.39 is 0 Å². The number of fused-ring (bicyclic) bond motifs is 1. The predicted molar refractivity (Wildman–Crippen MR) is 160 cm³/mol. The van der Waals surface area contributed by atoms with Gasteiger partial charge in [0.25, 0.3) is 5.56 Å². The molecule has 8 nitrogen and oxygen atoms in total. The van der Waals surface area contributed by atoms with Crippen LogP contribution in [0.15, 0.2) is 102 Å². The maximum Gasteiger partial charge on any atom is 0.257 e. The molecular formula is C33H29N7O. The minimum atomic E-state index is -0.134. The van der Waals surface area contributed by atoms with Crippen LogP contribution < -0.4 is 5.56 Å². The van der Waals surface area contributed by atoms with Gasteiger partial charge < -0.3 is 4.98 Å². The Kier molecular flexibility index (Phi) is 6.45. The van der Waals surface area contributed by atoms with Crippen molar-refractivity contribution in [1.82, 2.24) is 35.0 Å². The fraction of sp³-hybridized carbons (Fsp3) is 0.182. The monoisotopic (exact) mass is 539 g/mol. The molecule has 4 aromatic heterocycles. The molecule has 1 aliphatic heterocycles. The van der Waals surface area contributed by atoms with E-state index >= 15 is 0 Å². The Hall–Kier alpha value is -4.95. The van der Waals surface area contributed by atoms with Crippen LogP contribution in [0.3, 0.4) is 0 Å². The number of aromatic amines is 2. The van der Waals surface area contributed by atoms with E-state index in [1.54, 1.807) is 12.4 Å². The second-order valence-corrected chi connectivity index (χ2v) is 10.7. The molecule has 1 saturated heterocycles. The van der Waals surface area contributed by atoms with Gasteiger partial charge in [0, 0.05) is 49.1 Å². The average Bonchev–Trinajstić information content (AvgIpc) is 3.65. The van der Waals surface area contributed by atoms with Crippen molar-refractivity contribution in [3.05, 3.63) is 119 Å². The van der Waals surface area contributed by atoms with Gasteiger partial charge in [-0.25, -0.2) is 9.97 Å². The van der Waals surface area contributed by atoms with E-state index in [4.69, 9.17) is 9.97 Å². The van der Waals surface area contributed by atoms with Gasteiger partial charge in [0.1, 0.15) is 11.5 Å². The molecule has 0 amide bonds. The van der Waals surface area contributed by atoms with Crippen LogP contribution in [-0.4, -0.2) is 48.1 Å². The molecule has 1 fully saturated rings. The van der Waals surface area contributed by atoms with Crippen molar-refractivity contribution in [2.45, 2.75) is 19.4 Å². The summed E-state index contributed by atoms with van der Waals surface area (Å²) in [4.78, 5) is 31.8. The van der Waals surface area contributed by atoms with Crippen molar-refractivity contribution < 1.29 is 0 Å². The van der Waals surface area contributed by atoms with Crippen LogP contribution in [0, 0.1) is 5.92 Å². The topological polar surface area (TPSA) is 103 Å². The molecule has 0 bridgehead atoms. The lowest BCUT2D eigenvalue weighted by Crippen LogP contribution is -2.20. The van der Waals surface area contributed by atoms with Crippen LogP contribution in [0.4, 0.5) is 0 Å². The van der Waals surface area contributed by atoms with Gasteiger partial charge in [-0.1, -0.05) is 67.6 Å². The van der Waals surface area contributed by atoms with Crippen LogP contribution in [0.5, 0.6) is 0 Å². The zero-order valence-electron chi connectivity index (χ0n) is 22.7. The van der Waals surface area contributed by atoms with Gasteiger partial charge in [0.15, 0.2) is 5.82 Å². The molecule has 0 aliphatic carbocycles. The normalized spacial score (nSPS) is 17.3. The molecule has 8 heteroatoms. The summed E-state index contributed by atoms with van der Waals surface area (Å²) in [5.41, 5.74) is 6.42. The van der Waals surface area contributed by atoms with E-state index in [1.165, 1.54) is 5.56 Å². The largest absolute Gasteiger partial charge is 0.328 e. The SMILES string of the molecule is C[C@H]1CN(Cc2ccc(-c3nc4cc[nH]c(=O)c4cc3-c3ccccc3)cc2)C[C@@H]1c1nc(-c2ccccn2)n[nH]1. The third kappa shape index (κ3) is 4.94. The lowest BCUT2D eigenvalue weighted by Gasteiger charge is -2.16. The molecule has 5 heterocycles. The van der Waals surface area contributed by atoms with E-state index in [0.717, 1.165) is 53.5 Å². The number of pyridine rings is 3. The fourth-order valence-electron chi connectivity index (χ4n) is 5.80. The third-order valence-corrected chi connectivity index (χ3v) is 7.91. The van der Waals surface area contributed by atoms with Gasteiger partial charge >= 0.3 is 0 Å². The average molecular weight is 540 g/mol. The molecule has 41 heavy (non-hydrogen) atoms. The van der Waals surface area contributed by atoms with Crippen molar-refractivity contribution in [1.29, 1.82) is 0 Å². The first-order valence-electron chi connectivity index (χ1n) is 13.9. The second kappa shape index (κ2) is 10.6. The molecule has 1 aliphatic rings. The number of nitrogens with one attached hydrogen (secondary N) is 2. The highest BCUT2D eigenvalue weighted by atomic mass is 16.1. The lowest BCUT2D eigenvalue weighted by molar-refractivity contribution is 0.318. The first-order chi connectivity index (χ1) is 20.1. The van der Waals surface area contributed by atoms with Crippen molar-refractivity contribution in [2.24, 2.45) is 5.92 Å². The molecule has 2 aromatic carbocycles. The predicted octanol–water partition coefficient (Wildman–Crippen LogP) is 5.67. The number of H-pyrrole nitrogens is 2. The minimum absolute atomic E-state index is 0.134. The summed E-state index contributed by atoms with van der Waals surface area (Å²) in [6, 6.07) is 28.3. The Bertz CT molecular complexity index is 1860. The quantitative estimate of drug-likeness (QED) is 0.283. The van der Waals surface area contributed by atoms with Crippen molar-refractivity contribution >= 4 is 10.9 Å². The van der Waals surface area contributed by atoms with E-state index in [2.05, 4.69) is 68.4 Å². The van der Waals surface area contributed by atoms with Gasteiger partial charge in [-0.15, -0.1) is 0 Å². The Labute approximate surface area is 237 Å². The summed E-state index contributed by atoms with van der Waals surface area (Å²) in [6.45, 7) is 5.04. The van der Waals surface area contributed by atoms with Crippen LogP contribution in [0.1, 0.15) is 24.2 Å². The van der Waals surface area contributed by atoms with Gasteiger partial charge in [-0.3, -0.25) is 19.8 Å². The first kappa shape index (κ1) is 25.0. The Morgan fingerprint density at radius 3 is 2.54 bits per heavy atom. The number of likely N-dealkylation sites (tertiary alicyclic amines) is 1. The zero-order valence-corrected chi connectivity index (χ0v) is 22.7. The highest BCUT2D eigenvalue weighted by Crippen LogP contribution is 2.34. The Morgan fingerprint density at radius 2 is 1.73 bits per heavy atom. The van der Waals surface area contributed by atoms with Crippen LogP contribution in [0.2, 0.25) is 0 Å². The lowest BCUT2D eigenvalue weighted by atomic mass is 9.97. The summed E-state index contributed by atoms with van der Waals surface area (Å²) >= 11 is 0. The van der Waals surface area contributed by atoms with Crippen LogP contribution in [-0.2, 0) is 6.54 Å². The van der Waals surface area contributed by atoms with Crippen LogP contribution >= 0.6 is 0 Å². The minimum Gasteiger partial charge on any atom is -0.328 e. The van der Waals surface area contributed by atoms with Gasteiger partial charge in [-0.2, -0.15) is 5.10 Å². The van der Waals surface area contributed by atoms with Crippen LogP contribution in [0.25, 0.3) is 44.8 Å². The molecule has 2 atom stereocenters. The fourth-order valence-corrected chi connectivity index (χ4v) is 5.80. The second-order valence-electron chi connectivity index (χ2n) is 10.7. The number of rotatable bonds is 6.